The number of nitriles is 1. The van der Waals surface area contributed by atoms with Gasteiger partial charge in [0.1, 0.15) is 17.4 Å². The summed E-state index contributed by atoms with van der Waals surface area (Å²) in [5.74, 6) is -3.64. The molecule has 1 nitrogen and oxygen atoms in total. The van der Waals surface area contributed by atoms with E-state index < -0.39 is 23.0 Å². The highest BCUT2D eigenvalue weighted by Crippen LogP contribution is 2.18. The molecular weight excluding hydrogens is 167 g/mol. The van der Waals surface area contributed by atoms with Crippen LogP contribution in [0.4, 0.5) is 13.2 Å². The summed E-state index contributed by atoms with van der Waals surface area (Å²) in [5.41, 5.74) is -0.946. The van der Waals surface area contributed by atoms with Gasteiger partial charge in [-0.25, -0.2) is 13.2 Å². The van der Waals surface area contributed by atoms with E-state index in [0.717, 1.165) is 0 Å². The number of hydrogen-bond donors (Lipinski definition) is 0. The summed E-state index contributed by atoms with van der Waals surface area (Å²) >= 11 is 0. The van der Waals surface area contributed by atoms with Crippen molar-refractivity contribution in [2.45, 2.75) is 6.92 Å². The van der Waals surface area contributed by atoms with Gasteiger partial charge in [-0.1, -0.05) is 0 Å². The standard InChI is InChI=1S/C8H4F3N/c1-4-2-6(9)8(11)5(3-12)7(4)10/h2H,1H3. The molecule has 0 heterocycles. The summed E-state index contributed by atoms with van der Waals surface area (Å²) in [4.78, 5) is 0. The molecule has 12 heavy (non-hydrogen) atoms. The first kappa shape index (κ1) is 8.60. The molecule has 0 spiro atoms. The second kappa shape index (κ2) is 2.86. The van der Waals surface area contributed by atoms with Crippen LogP contribution in [0, 0.1) is 35.7 Å². The molecule has 0 aliphatic heterocycles. The van der Waals surface area contributed by atoms with Gasteiger partial charge in [-0.15, -0.1) is 0 Å². The van der Waals surface area contributed by atoms with E-state index in [1.807, 2.05) is 0 Å². The molecule has 0 N–H and O–H groups in total. The minimum Gasteiger partial charge on any atom is -0.205 e. The lowest BCUT2D eigenvalue weighted by atomic mass is 10.1. The Labute approximate surface area is 67.1 Å². The number of halogens is 3. The number of aryl methyl sites for hydroxylation is 1. The highest BCUT2D eigenvalue weighted by Gasteiger charge is 2.15. The Hall–Kier alpha value is -1.50. The van der Waals surface area contributed by atoms with Gasteiger partial charge in [-0.2, -0.15) is 5.26 Å². The highest BCUT2D eigenvalue weighted by atomic mass is 19.2. The number of hydrogen-bond acceptors (Lipinski definition) is 1. The van der Waals surface area contributed by atoms with E-state index in [9.17, 15) is 13.2 Å². The van der Waals surface area contributed by atoms with Gasteiger partial charge >= 0.3 is 0 Å². The Kier molecular flexibility index (Phi) is 2.05. The molecule has 0 saturated heterocycles. The summed E-state index contributed by atoms with van der Waals surface area (Å²) in [7, 11) is 0. The van der Waals surface area contributed by atoms with Crippen LogP contribution in [0.25, 0.3) is 0 Å². The average molecular weight is 171 g/mol. The molecule has 0 fully saturated rings. The fourth-order valence-corrected chi connectivity index (χ4v) is 0.828. The zero-order chi connectivity index (χ0) is 9.30. The maximum absolute atomic E-state index is 12.8. The zero-order valence-electron chi connectivity index (χ0n) is 6.16. The molecule has 0 unspecified atom stereocenters. The maximum atomic E-state index is 12.8. The Bertz CT molecular complexity index is 339. The van der Waals surface area contributed by atoms with Gasteiger partial charge in [0, 0.05) is 0 Å². The second-order valence-electron chi connectivity index (χ2n) is 2.29. The first-order valence-electron chi connectivity index (χ1n) is 3.12. The molecule has 0 saturated carbocycles. The van der Waals surface area contributed by atoms with Crippen LogP contribution in [0.1, 0.15) is 11.1 Å². The highest BCUT2D eigenvalue weighted by molar-refractivity contribution is 5.36. The molecule has 0 aliphatic rings. The van der Waals surface area contributed by atoms with Crippen LogP contribution in [0.3, 0.4) is 0 Å². The van der Waals surface area contributed by atoms with Crippen molar-refractivity contribution < 1.29 is 13.2 Å². The molecule has 0 bridgehead atoms. The van der Waals surface area contributed by atoms with Gasteiger partial charge in [-0.3, -0.25) is 0 Å². The molecule has 4 heteroatoms. The summed E-state index contributed by atoms with van der Waals surface area (Å²) in [6, 6.07) is 1.97. The lowest BCUT2D eigenvalue weighted by Crippen LogP contribution is -1.97. The quantitative estimate of drug-likeness (QED) is 0.549. The molecule has 0 aromatic heterocycles. The monoisotopic (exact) mass is 171 g/mol. The van der Waals surface area contributed by atoms with Crippen LogP contribution in [-0.4, -0.2) is 0 Å². The van der Waals surface area contributed by atoms with Crippen molar-refractivity contribution in [1.29, 1.82) is 5.26 Å². The van der Waals surface area contributed by atoms with Gasteiger partial charge in [0.15, 0.2) is 11.6 Å². The van der Waals surface area contributed by atoms with E-state index in [2.05, 4.69) is 0 Å². The molecule has 0 radical (unpaired) electrons. The SMILES string of the molecule is Cc1cc(F)c(F)c(C#N)c1F. The number of nitrogens with zero attached hydrogens (tertiary/aromatic N) is 1. The van der Waals surface area contributed by atoms with E-state index in [0.29, 0.717) is 6.07 Å². The fourth-order valence-electron chi connectivity index (χ4n) is 0.828. The van der Waals surface area contributed by atoms with Gasteiger partial charge in [0.25, 0.3) is 0 Å². The van der Waals surface area contributed by atoms with Gasteiger partial charge in [0.2, 0.25) is 0 Å². The van der Waals surface area contributed by atoms with E-state index in [1.165, 1.54) is 13.0 Å². The lowest BCUT2D eigenvalue weighted by molar-refractivity contribution is 0.488. The van der Waals surface area contributed by atoms with Crippen molar-refractivity contribution in [2.75, 3.05) is 0 Å². The van der Waals surface area contributed by atoms with Crippen LogP contribution in [0.15, 0.2) is 6.07 Å². The van der Waals surface area contributed by atoms with E-state index in [4.69, 9.17) is 5.26 Å². The Morgan fingerprint density at radius 3 is 2.33 bits per heavy atom. The van der Waals surface area contributed by atoms with Crippen molar-refractivity contribution in [3.8, 4) is 6.07 Å². The first-order chi connectivity index (χ1) is 5.57. The third-order valence-corrected chi connectivity index (χ3v) is 1.45. The smallest absolute Gasteiger partial charge is 0.179 e. The van der Waals surface area contributed by atoms with Crippen LogP contribution in [0.5, 0.6) is 0 Å². The molecule has 1 aromatic rings. The predicted molar refractivity (Wildman–Crippen MR) is 35.8 cm³/mol. The fraction of sp³-hybridized carbons (Fsp3) is 0.125. The molecule has 0 atom stereocenters. The molecule has 62 valence electrons. The van der Waals surface area contributed by atoms with Crippen LogP contribution in [-0.2, 0) is 0 Å². The predicted octanol–water partition coefficient (Wildman–Crippen LogP) is 2.28. The number of rotatable bonds is 0. The largest absolute Gasteiger partial charge is 0.205 e. The number of benzene rings is 1. The maximum Gasteiger partial charge on any atom is 0.179 e. The van der Waals surface area contributed by atoms with Crippen molar-refractivity contribution in [3.63, 3.8) is 0 Å². The van der Waals surface area contributed by atoms with Crippen LogP contribution >= 0.6 is 0 Å². The van der Waals surface area contributed by atoms with Crippen molar-refractivity contribution in [3.05, 3.63) is 34.6 Å². The third-order valence-electron chi connectivity index (χ3n) is 1.45. The van der Waals surface area contributed by atoms with Crippen molar-refractivity contribution in [2.24, 2.45) is 0 Å². The Morgan fingerprint density at radius 1 is 1.25 bits per heavy atom. The van der Waals surface area contributed by atoms with Gasteiger partial charge in [-0.05, 0) is 18.6 Å². The van der Waals surface area contributed by atoms with Crippen molar-refractivity contribution in [1.82, 2.24) is 0 Å². The Balaban J connectivity index is 3.56. The minimum absolute atomic E-state index is 0.0783. The normalized spacial score (nSPS) is 9.58. The van der Waals surface area contributed by atoms with E-state index in [1.54, 1.807) is 0 Å². The summed E-state index contributed by atoms with van der Waals surface area (Å²) < 4.78 is 37.9. The third kappa shape index (κ3) is 1.14. The second-order valence-corrected chi connectivity index (χ2v) is 2.29. The summed E-state index contributed by atoms with van der Waals surface area (Å²) in [5, 5.41) is 8.25. The van der Waals surface area contributed by atoms with E-state index in [-0.39, 0.29) is 5.56 Å². The molecule has 0 aliphatic carbocycles. The van der Waals surface area contributed by atoms with Crippen LogP contribution in [0.2, 0.25) is 0 Å². The van der Waals surface area contributed by atoms with E-state index >= 15 is 0 Å². The molecule has 0 amide bonds. The molecule has 1 aromatic carbocycles. The first-order valence-corrected chi connectivity index (χ1v) is 3.12. The molecular formula is C8H4F3N. The van der Waals surface area contributed by atoms with Gasteiger partial charge < -0.3 is 0 Å². The Morgan fingerprint density at radius 2 is 1.83 bits per heavy atom. The van der Waals surface area contributed by atoms with Crippen LogP contribution < -0.4 is 0 Å². The lowest BCUT2D eigenvalue weighted by Gasteiger charge is -2.00. The summed E-state index contributed by atoms with van der Waals surface area (Å²) in [6.45, 7) is 1.26. The van der Waals surface area contributed by atoms with Gasteiger partial charge in [0.05, 0.1) is 0 Å². The zero-order valence-corrected chi connectivity index (χ0v) is 6.16. The average Bonchev–Trinajstić information content (AvgIpc) is 2.02. The minimum atomic E-state index is -1.43. The topological polar surface area (TPSA) is 23.8 Å². The molecule has 1 rings (SSSR count). The van der Waals surface area contributed by atoms with Crippen molar-refractivity contribution >= 4 is 0 Å². The summed E-state index contributed by atoms with van der Waals surface area (Å²) in [6.07, 6.45) is 0.